The van der Waals surface area contributed by atoms with Crippen LogP contribution in [-0.2, 0) is 30.3 Å². The van der Waals surface area contributed by atoms with Crippen molar-refractivity contribution in [2.45, 2.75) is 143 Å². The van der Waals surface area contributed by atoms with Gasteiger partial charge < -0.3 is 34.0 Å². The largest absolute Gasteiger partial charge is 0.478 e. The molecule has 1 fully saturated rings. The van der Waals surface area contributed by atoms with E-state index in [0.29, 0.717) is 56.4 Å². The number of aromatic carboxylic acids is 1. The molecule has 8 heterocycles. The van der Waals surface area contributed by atoms with E-state index in [2.05, 4.69) is 37.6 Å². The van der Waals surface area contributed by atoms with Crippen LogP contribution in [0.3, 0.4) is 0 Å². The number of carbonyl (C=O) groups is 5. The first-order chi connectivity index (χ1) is 58.0. The Morgan fingerprint density at radius 2 is 0.769 bits per heavy atom. The third-order valence-electron chi connectivity index (χ3n) is 22.0. The van der Waals surface area contributed by atoms with Crippen LogP contribution in [0.25, 0.3) is 60.5 Å². The summed E-state index contributed by atoms with van der Waals surface area (Å²) in [5.41, 5.74) is 29.9. The number of aryl methyl sites for hydroxylation is 4. The van der Waals surface area contributed by atoms with Gasteiger partial charge in [-0.05, 0) is 193 Å². The maximum Gasteiger partial charge on any atom is 0.335 e. The summed E-state index contributed by atoms with van der Waals surface area (Å²) in [7, 11) is 0. The summed E-state index contributed by atoms with van der Waals surface area (Å²) >= 11 is 6.06. The first kappa shape index (κ1) is 82.4. The second-order valence-electron chi connectivity index (χ2n) is 31.6. The topological polar surface area (TPSA) is 310 Å². The SMILES string of the molecule is CC(=O)C[C@@H]1N=C(c2ccc(C(C)(C)N)cc2)c2ccccc2-c2c(C)noc21.CC(=O)C[C@@H]1N=C(c2ccc(C3(O)CC3)cc2)c2ccccc2-c2c(C)noc21.CC(=O)C[C@@H]1N=C(c2ccc(F)cc2)c2cc(-c3ccc(C(=O)O)cc3)ccc2-c2c(C)noc21.[C-]#[N+]c1ccc2c(c1)C(c1ccc(Cl)cc1)=N[C@@H](CC(C)=O)c1onc(C)c1-2. The Hall–Kier alpha value is -13.7. The van der Waals surface area contributed by atoms with Crippen LogP contribution < -0.4 is 5.73 Å². The molecule has 606 valence electrons. The minimum atomic E-state index is -0.990. The van der Waals surface area contributed by atoms with Crippen LogP contribution >= 0.6 is 11.6 Å². The quantitative estimate of drug-likeness (QED) is 0.0757. The van der Waals surface area contributed by atoms with Crippen LogP contribution in [-0.4, -0.2) is 82.8 Å². The van der Waals surface area contributed by atoms with Gasteiger partial charge in [-0.25, -0.2) is 14.0 Å². The molecule has 4 N–H and O–H groups in total. The van der Waals surface area contributed by atoms with Crippen LogP contribution in [0.4, 0.5) is 10.1 Å². The van der Waals surface area contributed by atoms with Crippen LogP contribution in [0.15, 0.2) is 244 Å². The fourth-order valence-electron chi connectivity index (χ4n) is 15.9. The number of fused-ring (bicyclic) bond motifs is 12. The molecule has 0 unspecified atom stereocenters. The van der Waals surface area contributed by atoms with Crippen LogP contribution in [0.2, 0.25) is 5.02 Å². The van der Waals surface area contributed by atoms with Gasteiger partial charge in [0.1, 0.15) is 53.1 Å². The second-order valence-corrected chi connectivity index (χ2v) is 32.1. The number of Topliss-reactive ketones (excluding diaryl/α,β-unsaturated/α-hetero) is 4. The highest BCUT2D eigenvalue weighted by atomic mass is 35.5. The van der Waals surface area contributed by atoms with Gasteiger partial charge in [0, 0.05) is 75.2 Å². The number of carboxylic acids is 1. The van der Waals surface area contributed by atoms with Crippen molar-refractivity contribution in [3.8, 4) is 55.6 Å². The van der Waals surface area contributed by atoms with E-state index >= 15 is 0 Å². The summed E-state index contributed by atoms with van der Waals surface area (Å²) in [5.74, 6) is 1.13. The van der Waals surface area contributed by atoms with Gasteiger partial charge >= 0.3 is 5.97 Å². The van der Waals surface area contributed by atoms with Crippen LogP contribution in [0, 0.1) is 40.1 Å². The van der Waals surface area contributed by atoms with Gasteiger partial charge in [-0.1, -0.05) is 178 Å². The van der Waals surface area contributed by atoms with Crippen molar-refractivity contribution in [2.75, 3.05) is 0 Å². The van der Waals surface area contributed by atoms with Crippen LogP contribution in [0.1, 0.15) is 216 Å². The molecule has 0 bridgehead atoms. The molecule has 0 amide bonds. The van der Waals surface area contributed by atoms with Crippen molar-refractivity contribution in [1.82, 2.24) is 20.6 Å². The number of ketones is 4. The number of aliphatic imine (C=N–C) groups is 4. The highest BCUT2D eigenvalue weighted by Gasteiger charge is 2.43. The number of hydrogen-bond acceptors (Lipinski definition) is 19. The summed E-state index contributed by atoms with van der Waals surface area (Å²) in [6.45, 7) is 25.1. The number of aliphatic hydroxyl groups is 1. The Kier molecular flexibility index (Phi) is 23.1. The Morgan fingerprint density at radius 1 is 0.446 bits per heavy atom. The average Bonchev–Trinajstić information content (AvgIpc) is 1.62. The smallest absolute Gasteiger partial charge is 0.335 e. The van der Waals surface area contributed by atoms with E-state index in [4.69, 9.17) is 62.0 Å². The van der Waals surface area contributed by atoms with E-state index in [1.165, 1.54) is 26.0 Å². The molecule has 4 aromatic heterocycles. The number of halogens is 2. The highest BCUT2D eigenvalue weighted by Crippen LogP contribution is 2.49. The molecule has 1 aliphatic carbocycles. The minimum absolute atomic E-state index is 0.0111. The average molecular weight is 1630 g/mol. The Morgan fingerprint density at radius 3 is 1.13 bits per heavy atom. The lowest BCUT2D eigenvalue weighted by atomic mass is 9.89. The minimum Gasteiger partial charge on any atom is -0.478 e. The third kappa shape index (κ3) is 17.2. The zero-order valence-corrected chi connectivity index (χ0v) is 68.9. The fraction of sp³-hybridized carbons (Fsp3) is 0.224. The molecule has 23 heteroatoms. The summed E-state index contributed by atoms with van der Waals surface area (Å²) in [6.07, 6.45) is 2.50. The number of nitrogens with two attached hydrogens (primary N) is 1. The van der Waals surface area contributed by atoms with E-state index in [1.807, 2.05) is 169 Å². The maximum atomic E-state index is 13.7. The molecule has 18 rings (SSSR count). The molecule has 121 heavy (non-hydrogen) atoms. The standard InChI is InChI=1S/C28H21FN2O4.C24H25N3O2.C24H22N2O3.C22H16ClN3O2/c1-15(32)13-24-27-25(16(2)31-35-27)22-12-9-20(17-3-5-19(6-4-17)28(33)34)14-23(22)26(30-24)18-7-10-21(29)11-8-18;1-14(28)13-20-23-21(15(2)27-29-23)18-7-5-6-8-19(18)22(26-20)16-9-11-17(12-10-16)24(3,4)25;1-14(27)13-20-23-21(15(2)26-29-23)18-5-3-4-6-19(18)22(25-20)16-7-9-17(10-8-16)24(28)11-12-24;1-12(27)10-19-22-20(13(2)26-28-22)17-9-8-16(24-3)11-18(17)21(25-19)14-4-6-15(23)7-5-14/h3-12,14,24H,13H2,1-2H3,(H,33,34);5-12,20H,13,25H2,1-4H3;3-10,20,28H,11-13H2,1-2H3;4-9,11,19H,10H2,1-2H3/t24-;2*20-;19-/m0000/s1. The van der Waals surface area contributed by atoms with E-state index in [0.717, 1.165) is 147 Å². The van der Waals surface area contributed by atoms with Gasteiger partial charge in [-0.3, -0.25) is 39.1 Å². The number of hydrogen-bond donors (Lipinski definition) is 3. The Bertz CT molecular complexity index is 6260. The molecule has 0 saturated heterocycles. The molecule has 1 saturated carbocycles. The lowest BCUT2D eigenvalue weighted by molar-refractivity contribution is -0.118. The summed E-state index contributed by atoms with van der Waals surface area (Å²) in [5, 5.41) is 36.8. The number of carbonyl (C=O) groups excluding carboxylic acids is 4. The van der Waals surface area contributed by atoms with Crippen molar-refractivity contribution < 1.29 is 56.7 Å². The monoisotopic (exact) mass is 1630 g/mol. The zero-order valence-electron chi connectivity index (χ0n) is 68.1. The number of aromatic nitrogens is 4. The van der Waals surface area contributed by atoms with E-state index in [1.54, 1.807) is 68.4 Å². The summed E-state index contributed by atoms with van der Waals surface area (Å²) in [4.78, 5) is 82.6. The number of rotatable bonds is 16. The zero-order chi connectivity index (χ0) is 85.5. The molecule has 4 atom stereocenters. The molecule has 9 aromatic carbocycles. The molecule has 4 aliphatic heterocycles. The number of nitrogens with zero attached hydrogens (tertiary/aromatic N) is 9. The molecule has 0 radical (unpaired) electrons. The van der Waals surface area contributed by atoms with Crippen molar-refractivity contribution >= 4 is 69.2 Å². The van der Waals surface area contributed by atoms with E-state index in [-0.39, 0.29) is 60.2 Å². The highest BCUT2D eigenvalue weighted by molar-refractivity contribution is 6.31. The van der Waals surface area contributed by atoms with Gasteiger partial charge in [0.2, 0.25) is 0 Å². The van der Waals surface area contributed by atoms with Gasteiger partial charge in [0.15, 0.2) is 28.7 Å². The first-order valence-corrected chi connectivity index (χ1v) is 40.0. The molecular weight excluding hydrogens is 1550 g/mol. The molecule has 21 nitrogen and oxygen atoms in total. The van der Waals surface area contributed by atoms with Crippen molar-refractivity contribution in [3.05, 3.63) is 336 Å². The Labute approximate surface area is 702 Å². The lowest BCUT2D eigenvalue weighted by Gasteiger charge is -2.20. The summed E-state index contributed by atoms with van der Waals surface area (Å²) in [6, 6.07) is 61.9. The Balaban J connectivity index is 0.000000126. The number of benzene rings is 9. The predicted octanol–water partition coefficient (Wildman–Crippen LogP) is 21.0. The van der Waals surface area contributed by atoms with Gasteiger partial charge in [-0.15, -0.1) is 0 Å². The lowest BCUT2D eigenvalue weighted by Crippen LogP contribution is -2.28. The van der Waals surface area contributed by atoms with E-state index < -0.39 is 41.3 Å². The van der Waals surface area contributed by atoms with Gasteiger partial charge in [0.25, 0.3) is 0 Å². The fourth-order valence-corrected chi connectivity index (χ4v) is 16.0. The number of carboxylic acid groups (broad SMARTS) is 1. The van der Waals surface area contributed by atoms with Crippen LogP contribution in [0.5, 0.6) is 0 Å². The van der Waals surface area contributed by atoms with E-state index in [9.17, 15) is 38.6 Å². The van der Waals surface area contributed by atoms with Crippen molar-refractivity contribution in [2.24, 2.45) is 25.7 Å². The normalized spacial score (nSPS) is 16.0. The predicted molar refractivity (Wildman–Crippen MR) is 461 cm³/mol. The molecular formula is C98H84ClFN10O11. The van der Waals surface area contributed by atoms with Gasteiger partial charge in [0.05, 0.1) is 85.6 Å². The van der Waals surface area contributed by atoms with Crippen molar-refractivity contribution in [3.63, 3.8) is 0 Å². The first-order valence-electron chi connectivity index (χ1n) is 39.6. The second kappa shape index (κ2) is 33.9. The summed E-state index contributed by atoms with van der Waals surface area (Å²) < 4.78 is 36.3. The third-order valence-corrected chi connectivity index (χ3v) is 22.2. The molecule has 13 aromatic rings. The molecule has 0 spiro atoms. The molecule has 5 aliphatic rings. The van der Waals surface area contributed by atoms with Crippen molar-refractivity contribution in [1.29, 1.82) is 0 Å². The van der Waals surface area contributed by atoms with Gasteiger partial charge in [-0.2, -0.15) is 0 Å². The maximum absolute atomic E-state index is 13.7.